The minimum atomic E-state index is -1.06. The van der Waals surface area contributed by atoms with Crippen LogP contribution in [0.25, 0.3) is 0 Å². The predicted octanol–water partition coefficient (Wildman–Crippen LogP) is 1.51. The molecule has 0 aliphatic carbocycles. The molecule has 0 aliphatic rings. The zero-order valence-electron chi connectivity index (χ0n) is 10.7. The van der Waals surface area contributed by atoms with E-state index in [-0.39, 0.29) is 5.69 Å². The molecule has 0 saturated heterocycles. The van der Waals surface area contributed by atoms with E-state index < -0.39 is 5.97 Å². The molecule has 0 fully saturated rings. The van der Waals surface area contributed by atoms with Gasteiger partial charge in [-0.25, -0.2) is 14.8 Å². The van der Waals surface area contributed by atoms with Crippen molar-refractivity contribution in [1.82, 2.24) is 15.0 Å². The number of carboxylic acids is 1. The minimum absolute atomic E-state index is 0.0194. The van der Waals surface area contributed by atoms with Crippen LogP contribution in [0, 0.1) is 6.92 Å². The first-order valence-electron chi connectivity index (χ1n) is 5.76. The molecule has 0 atom stereocenters. The van der Waals surface area contributed by atoms with Gasteiger partial charge >= 0.3 is 5.97 Å². The summed E-state index contributed by atoms with van der Waals surface area (Å²) in [6.45, 7) is 2.44. The molecule has 2 rings (SSSR count). The molecule has 0 amide bonds. The highest BCUT2D eigenvalue weighted by Crippen LogP contribution is 2.09. The molecule has 19 heavy (non-hydrogen) atoms. The Morgan fingerprint density at radius 2 is 2.11 bits per heavy atom. The molecule has 0 aromatic carbocycles. The molecular formula is C13H14N4O2. The van der Waals surface area contributed by atoms with Crippen LogP contribution in [0.15, 0.2) is 30.5 Å². The minimum Gasteiger partial charge on any atom is -0.477 e. The number of pyridine rings is 1. The highest BCUT2D eigenvalue weighted by Gasteiger charge is 2.10. The predicted molar refractivity (Wildman–Crippen MR) is 70.1 cm³/mol. The van der Waals surface area contributed by atoms with Gasteiger partial charge < -0.3 is 10.0 Å². The Labute approximate surface area is 110 Å². The zero-order chi connectivity index (χ0) is 13.8. The number of carboxylic acid groups (broad SMARTS) is 1. The lowest BCUT2D eigenvalue weighted by atomic mass is 10.3. The molecular weight excluding hydrogens is 244 g/mol. The third-order valence-electron chi connectivity index (χ3n) is 2.55. The second kappa shape index (κ2) is 5.43. The molecule has 0 saturated carbocycles. The Bertz CT molecular complexity index is 601. The first-order chi connectivity index (χ1) is 9.06. The van der Waals surface area contributed by atoms with Crippen LogP contribution in [0.4, 0.5) is 5.95 Å². The van der Waals surface area contributed by atoms with Crippen molar-refractivity contribution in [2.75, 3.05) is 11.9 Å². The highest BCUT2D eigenvalue weighted by atomic mass is 16.4. The van der Waals surface area contributed by atoms with Gasteiger partial charge in [0.15, 0.2) is 5.69 Å². The van der Waals surface area contributed by atoms with Gasteiger partial charge in [-0.05, 0) is 25.1 Å². The molecule has 6 nitrogen and oxygen atoms in total. The largest absolute Gasteiger partial charge is 0.477 e. The molecule has 0 aliphatic heterocycles. The molecule has 2 heterocycles. The third kappa shape index (κ3) is 3.25. The molecule has 0 unspecified atom stereocenters. The molecule has 98 valence electrons. The molecule has 0 bridgehead atoms. The van der Waals surface area contributed by atoms with E-state index in [4.69, 9.17) is 5.11 Å². The monoisotopic (exact) mass is 258 g/mol. The van der Waals surface area contributed by atoms with Gasteiger partial charge in [0, 0.05) is 18.9 Å². The summed E-state index contributed by atoms with van der Waals surface area (Å²) >= 11 is 0. The average Bonchev–Trinajstić information content (AvgIpc) is 2.39. The molecule has 0 radical (unpaired) electrons. The lowest BCUT2D eigenvalue weighted by molar-refractivity contribution is 0.0690. The van der Waals surface area contributed by atoms with Crippen LogP contribution in [0.3, 0.4) is 0 Å². The maximum absolute atomic E-state index is 10.9. The van der Waals surface area contributed by atoms with Crippen LogP contribution in [0.2, 0.25) is 0 Å². The van der Waals surface area contributed by atoms with Gasteiger partial charge in [0.1, 0.15) is 0 Å². The van der Waals surface area contributed by atoms with Crippen molar-refractivity contribution in [2.24, 2.45) is 0 Å². The van der Waals surface area contributed by atoms with Crippen molar-refractivity contribution < 1.29 is 9.90 Å². The van der Waals surface area contributed by atoms with Gasteiger partial charge in [0.25, 0.3) is 0 Å². The van der Waals surface area contributed by atoms with Gasteiger partial charge in [-0.2, -0.15) is 0 Å². The van der Waals surface area contributed by atoms with Crippen molar-refractivity contribution in [3.63, 3.8) is 0 Å². The van der Waals surface area contributed by atoms with Crippen molar-refractivity contribution in [1.29, 1.82) is 0 Å². The summed E-state index contributed by atoms with van der Waals surface area (Å²) in [5.41, 5.74) is 1.80. The maximum Gasteiger partial charge on any atom is 0.354 e. The SMILES string of the molecule is Cc1cccc(CN(C)c2nccc(C(=O)O)n2)n1. The van der Waals surface area contributed by atoms with Gasteiger partial charge in [0.2, 0.25) is 5.95 Å². The normalized spacial score (nSPS) is 10.2. The molecule has 2 aromatic rings. The van der Waals surface area contributed by atoms with Crippen LogP contribution < -0.4 is 4.90 Å². The Morgan fingerprint density at radius 3 is 2.79 bits per heavy atom. The van der Waals surface area contributed by atoms with E-state index in [9.17, 15) is 4.79 Å². The third-order valence-corrected chi connectivity index (χ3v) is 2.55. The molecule has 1 N–H and O–H groups in total. The van der Waals surface area contributed by atoms with E-state index in [1.54, 1.807) is 11.9 Å². The van der Waals surface area contributed by atoms with Gasteiger partial charge in [0.05, 0.1) is 12.2 Å². The number of carbonyl (C=O) groups is 1. The second-order valence-electron chi connectivity index (χ2n) is 4.17. The zero-order valence-corrected chi connectivity index (χ0v) is 10.7. The van der Waals surface area contributed by atoms with Crippen molar-refractivity contribution >= 4 is 11.9 Å². The maximum atomic E-state index is 10.9. The number of nitrogens with zero attached hydrogens (tertiary/aromatic N) is 4. The van der Waals surface area contributed by atoms with E-state index in [0.29, 0.717) is 12.5 Å². The van der Waals surface area contributed by atoms with Crippen LogP contribution in [0.1, 0.15) is 21.9 Å². The first-order valence-corrected chi connectivity index (χ1v) is 5.76. The fourth-order valence-corrected chi connectivity index (χ4v) is 1.65. The first kappa shape index (κ1) is 12.9. The molecule has 0 spiro atoms. The van der Waals surface area contributed by atoms with E-state index >= 15 is 0 Å². The Kier molecular flexibility index (Phi) is 3.70. The number of aryl methyl sites for hydroxylation is 1. The Morgan fingerprint density at radius 1 is 1.32 bits per heavy atom. The number of hydrogen-bond donors (Lipinski definition) is 1. The van der Waals surface area contributed by atoms with E-state index in [1.807, 2.05) is 25.1 Å². The summed E-state index contributed by atoms with van der Waals surface area (Å²) in [6.07, 6.45) is 1.44. The second-order valence-corrected chi connectivity index (χ2v) is 4.17. The van der Waals surface area contributed by atoms with Crippen LogP contribution >= 0.6 is 0 Å². The number of rotatable bonds is 4. The summed E-state index contributed by atoms with van der Waals surface area (Å²) in [5.74, 6) is -0.700. The van der Waals surface area contributed by atoms with Gasteiger partial charge in [-0.15, -0.1) is 0 Å². The quantitative estimate of drug-likeness (QED) is 0.895. The van der Waals surface area contributed by atoms with Crippen molar-refractivity contribution in [2.45, 2.75) is 13.5 Å². The average molecular weight is 258 g/mol. The van der Waals surface area contributed by atoms with Crippen molar-refractivity contribution in [3.8, 4) is 0 Å². The number of aromatic carboxylic acids is 1. The smallest absolute Gasteiger partial charge is 0.354 e. The fraction of sp³-hybridized carbons (Fsp3) is 0.231. The summed E-state index contributed by atoms with van der Waals surface area (Å²) in [5, 5.41) is 8.90. The fourth-order valence-electron chi connectivity index (χ4n) is 1.65. The highest BCUT2D eigenvalue weighted by molar-refractivity contribution is 5.85. The summed E-state index contributed by atoms with van der Waals surface area (Å²) in [4.78, 5) is 25.0. The van der Waals surface area contributed by atoms with Crippen LogP contribution in [0.5, 0.6) is 0 Å². The summed E-state index contributed by atoms with van der Waals surface area (Å²) < 4.78 is 0. The van der Waals surface area contributed by atoms with E-state index in [2.05, 4.69) is 15.0 Å². The lowest BCUT2D eigenvalue weighted by Gasteiger charge is -2.16. The van der Waals surface area contributed by atoms with E-state index in [0.717, 1.165) is 11.4 Å². The van der Waals surface area contributed by atoms with Crippen LogP contribution in [-0.2, 0) is 6.54 Å². The number of aromatic nitrogens is 3. The van der Waals surface area contributed by atoms with Crippen LogP contribution in [-0.4, -0.2) is 33.1 Å². The number of hydrogen-bond acceptors (Lipinski definition) is 5. The van der Waals surface area contributed by atoms with Gasteiger partial charge in [-0.1, -0.05) is 6.07 Å². The molecule has 2 aromatic heterocycles. The number of anilines is 1. The summed E-state index contributed by atoms with van der Waals surface area (Å²) in [7, 11) is 1.80. The summed E-state index contributed by atoms with van der Waals surface area (Å²) in [6, 6.07) is 7.13. The lowest BCUT2D eigenvalue weighted by Crippen LogP contribution is -2.20. The van der Waals surface area contributed by atoms with E-state index in [1.165, 1.54) is 12.3 Å². The molecule has 6 heteroatoms. The Hall–Kier alpha value is -2.50. The van der Waals surface area contributed by atoms with Gasteiger partial charge in [-0.3, -0.25) is 4.98 Å². The topological polar surface area (TPSA) is 79.2 Å². The standard InChI is InChI=1S/C13H14N4O2/c1-9-4-3-5-10(15-9)8-17(2)13-14-7-6-11(16-13)12(18)19/h3-7H,8H2,1-2H3,(H,18,19). The Balaban J connectivity index is 2.18. The van der Waals surface area contributed by atoms with Crippen molar-refractivity contribution in [3.05, 3.63) is 47.5 Å².